The lowest BCUT2D eigenvalue weighted by molar-refractivity contribution is -0.386. The van der Waals surface area contributed by atoms with Crippen molar-refractivity contribution in [2.75, 3.05) is 7.11 Å². The van der Waals surface area contributed by atoms with Gasteiger partial charge in [0.15, 0.2) is 17.5 Å². The van der Waals surface area contributed by atoms with Crippen LogP contribution in [0, 0.1) is 0 Å². The molecule has 16 heteroatoms. The summed E-state index contributed by atoms with van der Waals surface area (Å²) in [5.74, 6) is -3.13. The lowest BCUT2D eigenvalue weighted by Gasteiger charge is -2.36. The van der Waals surface area contributed by atoms with E-state index in [-0.39, 0.29) is 12.8 Å². The van der Waals surface area contributed by atoms with Crippen LogP contribution >= 0.6 is 0 Å². The molecule has 0 radical (unpaired) electrons. The molecule has 0 aromatic carbocycles. The van der Waals surface area contributed by atoms with Crippen LogP contribution in [0.15, 0.2) is 6.20 Å². The molecule has 3 rings (SSSR count). The highest BCUT2D eigenvalue weighted by Crippen LogP contribution is 2.53. The molecule has 1 aliphatic heterocycles. The molecule has 0 saturated carbocycles. The lowest BCUT2D eigenvalue weighted by Crippen LogP contribution is -2.57. The van der Waals surface area contributed by atoms with Crippen molar-refractivity contribution < 1.29 is 49.4 Å². The van der Waals surface area contributed by atoms with Crippen LogP contribution in [0.5, 0.6) is 0 Å². The summed E-state index contributed by atoms with van der Waals surface area (Å²) >= 11 is 0. The van der Waals surface area contributed by atoms with E-state index in [9.17, 15) is 44.6 Å². The number of aromatic nitrogens is 5. The van der Waals surface area contributed by atoms with Gasteiger partial charge in [-0.1, -0.05) is 0 Å². The van der Waals surface area contributed by atoms with Crippen molar-refractivity contribution in [3.05, 3.63) is 17.8 Å². The molecule has 1 unspecified atom stereocenters. The zero-order valence-electron chi connectivity index (χ0n) is 15.9. The number of imidazole rings is 1. The van der Waals surface area contributed by atoms with Gasteiger partial charge in [0.05, 0.1) is 12.2 Å². The van der Waals surface area contributed by atoms with Gasteiger partial charge >= 0.3 is 24.1 Å². The monoisotopic (exact) mass is 467 g/mol. The fourth-order valence-electron chi connectivity index (χ4n) is 3.47. The summed E-state index contributed by atoms with van der Waals surface area (Å²) in [7, 11) is 0.206. The number of alkyl halides is 9. The summed E-state index contributed by atoms with van der Waals surface area (Å²) < 4.78 is 127. The molecule has 2 aromatic heterocycles. The zero-order chi connectivity index (χ0) is 23.8. The molecule has 174 valence electrons. The van der Waals surface area contributed by atoms with Gasteiger partial charge in [0, 0.05) is 13.7 Å². The Labute approximate surface area is 167 Å². The predicted molar refractivity (Wildman–Crippen MR) is 82.4 cm³/mol. The highest BCUT2D eigenvalue weighted by atomic mass is 19.4. The maximum Gasteiger partial charge on any atom is 0.434 e. The van der Waals surface area contributed by atoms with Crippen LogP contribution in [0.4, 0.5) is 39.5 Å². The van der Waals surface area contributed by atoms with Gasteiger partial charge in [0.2, 0.25) is 5.60 Å². The quantitative estimate of drug-likeness (QED) is 0.700. The first-order chi connectivity index (χ1) is 13.9. The first-order valence-corrected chi connectivity index (χ1v) is 8.41. The van der Waals surface area contributed by atoms with Crippen molar-refractivity contribution in [1.82, 2.24) is 24.3 Å². The first-order valence-electron chi connectivity index (χ1n) is 8.41. The van der Waals surface area contributed by atoms with Gasteiger partial charge in [-0.2, -0.15) is 39.5 Å². The van der Waals surface area contributed by atoms with E-state index < -0.39 is 59.8 Å². The molecule has 2 aromatic rings. The van der Waals surface area contributed by atoms with Crippen LogP contribution in [0.1, 0.15) is 31.5 Å². The maximum absolute atomic E-state index is 13.6. The summed E-state index contributed by atoms with van der Waals surface area (Å²) in [4.78, 5) is 3.51. The minimum Gasteiger partial charge on any atom is -0.374 e. The van der Waals surface area contributed by atoms with Gasteiger partial charge in [0.1, 0.15) is 5.69 Å². The largest absolute Gasteiger partial charge is 0.434 e. The molecule has 0 amide bonds. The standard InChI is InChI=1S/C15H14F9N5O2/c1-6-5-28-8(7-4-25-9(29(6)7)11(2,30)13(16,17)18)26-27-10(28)12(31-3,14(19,20)21)15(22,23)24/h4,6,30H,5H2,1-3H3/t6-,11?/m0/s1. The summed E-state index contributed by atoms with van der Waals surface area (Å²) in [6.07, 6.45) is -16.4. The SMILES string of the molecule is COC(c1nnc2n1C[C@H](C)n1c-2cnc1C(C)(O)C(F)(F)F)(C(F)(F)F)C(F)(F)F. The molecule has 0 saturated heterocycles. The van der Waals surface area contributed by atoms with E-state index >= 15 is 0 Å². The number of nitrogens with zero attached hydrogens (tertiary/aromatic N) is 5. The molecular formula is C15H14F9N5O2. The number of hydrogen-bond donors (Lipinski definition) is 1. The van der Waals surface area contributed by atoms with Crippen LogP contribution < -0.4 is 0 Å². The van der Waals surface area contributed by atoms with Crippen LogP contribution in [0.25, 0.3) is 11.5 Å². The Morgan fingerprint density at radius 1 is 0.968 bits per heavy atom. The summed E-state index contributed by atoms with van der Waals surface area (Å²) in [5.41, 5.74) is -8.63. The second-order valence-electron chi connectivity index (χ2n) is 7.09. The fraction of sp³-hybridized carbons (Fsp3) is 0.667. The number of fused-ring (bicyclic) bond motifs is 3. The van der Waals surface area contributed by atoms with E-state index in [1.807, 2.05) is 0 Å². The second kappa shape index (κ2) is 6.57. The molecule has 0 spiro atoms. The van der Waals surface area contributed by atoms with Gasteiger partial charge in [-0.05, 0) is 13.8 Å². The van der Waals surface area contributed by atoms with Crippen LogP contribution in [0.3, 0.4) is 0 Å². The average Bonchev–Trinajstić information content (AvgIpc) is 3.17. The Hall–Kier alpha value is -2.36. The average molecular weight is 467 g/mol. The summed E-state index contributed by atoms with van der Waals surface area (Å²) in [6.45, 7) is 0.964. The fourth-order valence-corrected chi connectivity index (χ4v) is 3.47. The zero-order valence-corrected chi connectivity index (χ0v) is 15.9. The molecule has 0 fully saturated rings. The number of halogens is 9. The predicted octanol–water partition coefficient (Wildman–Crippen LogP) is 3.45. The smallest absolute Gasteiger partial charge is 0.374 e. The molecule has 0 bridgehead atoms. The Morgan fingerprint density at radius 3 is 1.97 bits per heavy atom. The van der Waals surface area contributed by atoms with E-state index in [0.717, 1.165) is 10.8 Å². The third kappa shape index (κ3) is 3.01. The number of rotatable bonds is 3. The van der Waals surface area contributed by atoms with E-state index in [1.54, 1.807) is 0 Å². The van der Waals surface area contributed by atoms with Crippen LogP contribution in [-0.4, -0.2) is 55.1 Å². The van der Waals surface area contributed by atoms with Crippen molar-refractivity contribution in [2.24, 2.45) is 0 Å². The summed E-state index contributed by atoms with van der Waals surface area (Å²) in [6, 6.07) is -1.15. The molecule has 1 aliphatic rings. The lowest BCUT2D eigenvalue weighted by atomic mass is 10.00. The Kier molecular flexibility index (Phi) is 4.94. The van der Waals surface area contributed by atoms with Crippen molar-refractivity contribution >= 4 is 0 Å². The minimum absolute atomic E-state index is 0.206. The Bertz CT molecular complexity index is 973. The number of aliphatic hydroxyl groups is 1. The summed E-state index contributed by atoms with van der Waals surface area (Å²) in [5, 5.41) is 16.3. The molecular weight excluding hydrogens is 453 g/mol. The third-order valence-electron chi connectivity index (χ3n) is 5.07. The molecule has 1 N–H and O–H groups in total. The van der Waals surface area contributed by atoms with E-state index in [2.05, 4.69) is 19.9 Å². The van der Waals surface area contributed by atoms with Gasteiger partial charge in [-0.3, -0.25) is 0 Å². The van der Waals surface area contributed by atoms with Crippen molar-refractivity contribution in [3.63, 3.8) is 0 Å². The van der Waals surface area contributed by atoms with E-state index in [0.29, 0.717) is 11.5 Å². The molecule has 2 atom stereocenters. The van der Waals surface area contributed by atoms with Crippen molar-refractivity contribution in [3.8, 4) is 11.5 Å². The second-order valence-corrected chi connectivity index (χ2v) is 7.09. The highest BCUT2D eigenvalue weighted by Gasteiger charge is 2.76. The Balaban J connectivity index is 2.27. The molecule has 31 heavy (non-hydrogen) atoms. The number of hydrogen-bond acceptors (Lipinski definition) is 5. The van der Waals surface area contributed by atoms with Crippen molar-refractivity contribution in [2.45, 2.75) is 56.2 Å². The van der Waals surface area contributed by atoms with Crippen LogP contribution in [-0.2, 0) is 22.5 Å². The van der Waals surface area contributed by atoms with E-state index in [1.165, 1.54) is 6.92 Å². The molecule has 3 heterocycles. The molecule has 0 aliphatic carbocycles. The molecule has 7 nitrogen and oxygen atoms in total. The number of ether oxygens (including phenoxy) is 1. The van der Waals surface area contributed by atoms with Gasteiger partial charge in [0.25, 0.3) is 0 Å². The Morgan fingerprint density at radius 2 is 1.52 bits per heavy atom. The maximum atomic E-state index is 13.6. The minimum atomic E-state index is -5.99. The van der Waals surface area contributed by atoms with Gasteiger partial charge in [-0.25, -0.2) is 4.98 Å². The topological polar surface area (TPSA) is 78.0 Å². The number of methoxy groups -OCH3 is 1. The third-order valence-corrected chi connectivity index (χ3v) is 5.07. The first kappa shape index (κ1) is 23.3. The highest BCUT2D eigenvalue weighted by molar-refractivity contribution is 5.53. The normalized spacial score (nSPS) is 19.7. The van der Waals surface area contributed by atoms with Crippen LogP contribution in [0.2, 0.25) is 0 Å². The van der Waals surface area contributed by atoms with E-state index in [4.69, 9.17) is 0 Å². The van der Waals surface area contributed by atoms with Gasteiger partial charge < -0.3 is 19.0 Å². The van der Waals surface area contributed by atoms with Gasteiger partial charge in [-0.15, -0.1) is 10.2 Å². The van der Waals surface area contributed by atoms with Crippen molar-refractivity contribution in [1.29, 1.82) is 0 Å².